The van der Waals surface area contributed by atoms with Crippen LogP contribution in [0.15, 0.2) is 0 Å². The standard InChI is InChI=1S/C17H33N3O3S/c1-19(2)24(22,23)20-13-7-10-16(14-20)17(21)18-12-11-15-8-5-3-4-6-9-15/h15-16H,3-14H2,1-2H3,(H,18,21)/t16-/m1/s1. The molecule has 1 heterocycles. The number of hydrogen-bond acceptors (Lipinski definition) is 3. The summed E-state index contributed by atoms with van der Waals surface area (Å²) in [6.07, 6.45) is 10.5. The van der Waals surface area contributed by atoms with E-state index in [1.54, 1.807) is 0 Å². The van der Waals surface area contributed by atoms with Gasteiger partial charge in [-0.2, -0.15) is 17.0 Å². The van der Waals surface area contributed by atoms with Crippen molar-refractivity contribution in [2.75, 3.05) is 33.7 Å². The number of nitrogens with zero attached hydrogens (tertiary/aromatic N) is 2. The minimum atomic E-state index is -3.42. The Bertz CT molecular complexity index is 499. The number of rotatable bonds is 6. The third-order valence-corrected chi connectivity index (χ3v) is 7.28. The Labute approximate surface area is 147 Å². The zero-order chi connectivity index (χ0) is 17.6. The number of hydrogen-bond donors (Lipinski definition) is 1. The number of piperidine rings is 1. The monoisotopic (exact) mass is 359 g/mol. The Hall–Kier alpha value is -0.660. The summed E-state index contributed by atoms with van der Waals surface area (Å²) in [5.74, 6) is 0.537. The molecule has 1 N–H and O–H groups in total. The highest BCUT2D eigenvalue weighted by molar-refractivity contribution is 7.86. The molecule has 1 saturated heterocycles. The van der Waals surface area contributed by atoms with E-state index >= 15 is 0 Å². The first-order valence-corrected chi connectivity index (χ1v) is 10.8. The van der Waals surface area contributed by atoms with Gasteiger partial charge in [0.25, 0.3) is 10.2 Å². The topological polar surface area (TPSA) is 69.7 Å². The molecule has 7 heteroatoms. The van der Waals surface area contributed by atoms with Gasteiger partial charge in [0.1, 0.15) is 0 Å². The fourth-order valence-corrected chi connectivity index (χ4v) is 4.98. The fourth-order valence-electron chi connectivity index (χ4n) is 3.79. The molecular formula is C17H33N3O3S. The maximum Gasteiger partial charge on any atom is 0.281 e. The summed E-state index contributed by atoms with van der Waals surface area (Å²) >= 11 is 0. The Morgan fingerprint density at radius 3 is 2.38 bits per heavy atom. The van der Waals surface area contributed by atoms with Gasteiger partial charge in [-0.15, -0.1) is 0 Å². The molecule has 0 aromatic rings. The summed E-state index contributed by atoms with van der Waals surface area (Å²) in [7, 11) is -0.354. The second-order valence-electron chi connectivity index (χ2n) is 7.42. The molecule has 1 aliphatic heterocycles. The van der Waals surface area contributed by atoms with Crippen LogP contribution in [0, 0.1) is 11.8 Å². The van der Waals surface area contributed by atoms with Crippen LogP contribution in [-0.2, 0) is 15.0 Å². The molecule has 0 bridgehead atoms. The number of nitrogens with one attached hydrogen (secondary N) is 1. The van der Waals surface area contributed by atoms with E-state index in [-0.39, 0.29) is 11.8 Å². The smallest absolute Gasteiger partial charge is 0.281 e. The summed E-state index contributed by atoms with van der Waals surface area (Å²) in [5.41, 5.74) is 0. The number of carbonyl (C=O) groups excluding carboxylic acids is 1. The van der Waals surface area contributed by atoms with E-state index < -0.39 is 10.2 Å². The van der Waals surface area contributed by atoms with Gasteiger partial charge >= 0.3 is 0 Å². The van der Waals surface area contributed by atoms with Crippen molar-refractivity contribution in [3.05, 3.63) is 0 Å². The molecule has 6 nitrogen and oxygen atoms in total. The normalized spacial score (nSPS) is 24.7. The summed E-state index contributed by atoms with van der Waals surface area (Å²) < 4.78 is 27.1. The maximum atomic E-state index is 12.4. The summed E-state index contributed by atoms with van der Waals surface area (Å²) in [6.45, 7) is 1.53. The Kier molecular flexibility index (Phi) is 7.50. The molecule has 2 aliphatic rings. The van der Waals surface area contributed by atoms with Gasteiger partial charge in [0.2, 0.25) is 5.91 Å². The van der Waals surface area contributed by atoms with Crippen molar-refractivity contribution in [3.63, 3.8) is 0 Å². The largest absolute Gasteiger partial charge is 0.356 e. The highest BCUT2D eigenvalue weighted by Gasteiger charge is 2.33. The lowest BCUT2D eigenvalue weighted by atomic mass is 9.96. The summed E-state index contributed by atoms with van der Waals surface area (Å²) in [4.78, 5) is 12.4. The summed E-state index contributed by atoms with van der Waals surface area (Å²) in [6, 6.07) is 0. The van der Waals surface area contributed by atoms with Crippen molar-refractivity contribution < 1.29 is 13.2 Å². The lowest BCUT2D eigenvalue weighted by Gasteiger charge is -2.32. The molecule has 2 fully saturated rings. The van der Waals surface area contributed by atoms with E-state index in [2.05, 4.69) is 5.32 Å². The zero-order valence-corrected chi connectivity index (χ0v) is 16.0. The van der Waals surface area contributed by atoms with Gasteiger partial charge in [-0.05, 0) is 25.2 Å². The first-order chi connectivity index (χ1) is 11.4. The Morgan fingerprint density at radius 2 is 1.75 bits per heavy atom. The molecule has 2 rings (SSSR count). The van der Waals surface area contributed by atoms with Gasteiger partial charge in [0.15, 0.2) is 0 Å². The second-order valence-corrected chi connectivity index (χ2v) is 9.57. The lowest BCUT2D eigenvalue weighted by Crippen LogP contribution is -2.48. The molecule has 0 aromatic carbocycles. The van der Waals surface area contributed by atoms with Crippen molar-refractivity contribution in [2.24, 2.45) is 11.8 Å². The molecular weight excluding hydrogens is 326 g/mol. The molecule has 0 spiro atoms. The molecule has 1 aliphatic carbocycles. The van der Waals surface area contributed by atoms with E-state index in [1.165, 1.54) is 61.2 Å². The third kappa shape index (κ3) is 5.43. The fraction of sp³-hybridized carbons (Fsp3) is 0.941. The van der Waals surface area contributed by atoms with Crippen molar-refractivity contribution in [3.8, 4) is 0 Å². The van der Waals surface area contributed by atoms with E-state index in [0.29, 0.717) is 13.1 Å². The van der Waals surface area contributed by atoms with Gasteiger partial charge < -0.3 is 5.32 Å². The van der Waals surface area contributed by atoms with Crippen molar-refractivity contribution in [1.82, 2.24) is 13.9 Å². The van der Waals surface area contributed by atoms with E-state index in [0.717, 1.165) is 31.7 Å². The van der Waals surface area contributed by atoms with Gasteiger partial charge in [0.05, 0.1) is 5.92 Å². The predicted octanol–water partition coefficient (Wildman–Crippen LogP) is 1.98. The maximum absolute atomic E-state index is 12.4. The van der Waals surface area contributed by atoms with E-state index in [1.807, 2.05) is 0 Å². The Morgan fingerprint density at radius 1 is 1.08 bits per heavy atom. The van der Waals surface area contributed by atoms with Crippen LogP contribution in [-0.4, -0.2) is 56.7 Å². The molecule has 1 saturated carbocycles. The van der Waals surface area contributed by atoms with Crippen LogP contribution in [0.1, 0.15) is 57.8 Å². The molecule has 1 atom stereocenters. The highest BCUT2D eigenvalue weighted by atomic mass is 32.2. The van der Waals surface area contributed by atoms with Gasteiger partial charge in [0, 0.05) is 33.7 Å². The van der Waals surface area contributed by atoms with E-state index in [9.17, 15) is 13.2 Å². The van der Waals surface area contributed by atoms with Crippen LogP contribution in [0.3, 0.4) is 0 Å². The zero-order valence-electron chi connectivity index (χ0n) is 15.2. The van der Waals surface area contributed by atoms with Crippen LogP contribution < -0.4 is 5.32 Å². The first kappa shape index (κ1) is 19.7. The predicted molar refractivity (Wildman–Crippen MR) is 95.7 cm³/mol. The first-order valence-electron chi connectivity index (χ1n) is 9.36. The van der Waals surface area contributed by atoms with E-state index in [4.69, 9.17) is 0 Å². The van der Waals surface area contributed by atoms with Crippen LogP contribution in [0.2, 0.25) is 0 Å². The molecule has 1 amide bonds. The lowest BCUT2D eigenvalue weighted by molar-refractivity contribution is -0.126. The third-order valence-electron chi connectivity index (χ3n) is 5.37. The quantitative estimate of drug-likeness (QED) is 0.737. The van der Waals surface area contributed by atoms with Crippen molar-refractivity contribution in [1.29, 1.82) is 0 Å². The molecule has 140 valence electrons. The van der Waals surface area contributed by atoms with Gasteiger partial charge in [-0.3, -0.25) is 4.79 Å². The Balaban J connectivity index is 1.77. The van der Waals surface area contributed by atoms with Gasteiger partial charge in [-0.25, -0.2) is 0 Å². The van der Waals surface area contributed by atoms with Gasteiger partial charge in [-0.1, -0.05) is 38.5 Å². The highest BCUT2D eigenvalue weighted by Crippen LogP contribution is 2.25. The van der Waals surface area contributed by atoms with Crippen LogP contribution >= 0.6 is 0 Å². The molecule has 0 radical (unpaired) electrons. The average molecular weight is 360 g/mol. The minimum absolute atomic E-state index is 0.0160. The summed E-state index contributed by atoms with van der Waals surface area (Å²) in [5, 5.41) is 3.05. The van der Waals surface area contributed by atoms with Crippen LogP contribution in [0.25, 0.3) is 0 Å². The molecule has 0 unspecified atom stereocenters. The molecule has 0 aromatic heterocycles. The number of amides is 1. The SMILES string of the molecule is CN(C)S(=O)(=O)N1CCC[C@@H](C(=O)NCCC2CCCCCC2)C1. The second kappa shape index (κ2) is 9.15. The van der Waals surface area contributed by atoms with Crippen molar-refractivity contribution in [2.45, 2.75) is 57.8 Å². The molecule has 24 heavy (non-hydrogen) atoms. The number of carbonyl (C=O) groups is 1. The van der Waals surface area contributed by atoms with Crippen molar-refractivity contribution >= 4 is 16.1 Å². The van der Waals surface area contributed by atoms with Crippen LogP contribution in [0.5, 0.6) is 0 Å². The average Bonchev–Trinajstić information content (AvgIpc) is 2.83. The van der Waals surface area contributed by atoms with Crippen LogP contribution in [0.4, 0.5) is 0 Å². The minimum Gasteiger partial charge on any atom is -0.356 e.